The molecule has 0 aliphatic rings. The van der Waals surface area contributed by atoms with Crippen molar-refractivity contribution in [3.8, 4) is 5.75 Å². The molecule has 0 aliphatic heterocycles. The van der Waals surface area contributed by atoms with Crippen LogP contribution in [0.3, 0.4) is 0 Å². The van der Waals surface area contributed by atoms with Gasteiger partial charge in [0.2, 0.25) is 5.91 Å². The Morgan fingerprint density at radius 1 is 1.17 bits per heavy atom. The Bertz CT molecular complexity index is 671. The number of para-hydroxylation sites is 1. The molecule has 0 bridgehead atoms. The molecular formula is C18H22N2O3S. The summed E-state index contributed by atoms with van der Waals surface area (Å²) in [6.45, 7) is 3.05. The fraction of sp³-hybridized carbons (Fsp3) is 0.333. The number of amides is 2. The van der Waals surface area contributed by atoms with E-state index in [1.54, 1.807) is 25.0 Å². The summed E-state index contributed by atoms with van der Waals surface area (Å²) >= 11 is 1.40. The van der Waals surface area contributed by atoms with Crippen molar-refractivity contribution in [3.05, 3.63) is 52.2 Å². The fourth-order valence-electron chi connectivity index (χ4n) is 2.39. The minimum Gasteiger partial charge on any atom is -0.496 e. The molecule has 2 rings (SSSR count). The Kier molecular flexibility index (Phi) is 6.81. The molecule has 6 heteroatoms. The van der Waals surface area contributed by atoms with Crippen LogP contribution >= 0.6 is 11.3 Å². The minimum absolute atomic E-state index is 0.00438. The highest BCUT2D eigenvalue weighted by atomic mass is 32.1. The van der Waals surface area contributed by atoms with Crippen LogP contribution in [0.15, 0.2) is 41.8 Å². The zero-order chi connectivity index (χ0) is 17.4. The van der Waals surface area contributed by atoms with Crippen molar-refractivity contribution < 1.29 is 14.3 Å². The van der Waals surface area contributed by atoms with Gasteiger partial charge in [-0.3, -0.25) is 9.59 Å². The van der Waals surface area contributed by atoms with E-state index in [-0.39, 0.29) is 11.8 Å². The van der Waals surface area contributed by atoms with E-state index in [0.717, 1.165) is 11.3 Å². The Labute approximate surface area is 146 Å². The molecule has 2 amide bonds. The van der Waals surface area contributed by atoms with Crippen LogP contribution in [0, 0.1) is 0 Å². The summed E-state index contributed by atoms with van der Waals surface area (Å²) in [4.78, 5) is 26.1. The molecule has 0 radical (unpaired) electrons. The molecule has 0 saturated carbocycles. The van der Waals surface area contributed by atoms with E-state index in [1.165, 1.54) is 11.3 Å². The van der Waals surface area contributed by atoms with Crippen molar-refractivity contribution in [2.75, 3.05) is 26.7 Å². The van der Waals surface area contributed by atoms with Crippen LogP contribution < -0.4 is 10.1 Å². The number of carbonyl (C=O) groups excluding carboxylic acids is 2. The average Bonchev–Trinajstić information content (AvgIpc) is 3.12. The van der Waals surface area contributed by atoms with Crippen molar-refractivity contribution in [1.29, 1.82) is 0 Å². The number of thiophene rings is 1. The van der Waals surface area contributed by atoms with Crippen LogP contribution in [0.1, 0.15) is 22.2 Å². The molecule has 0 aliphatic carbocycles. The van der Waals surface area contributed by atoms with Gasteiger partial charge in [0.05, 0.1) is 12.0 Å². The van der Waals surface area contributed by atoms with E-state index in [1.807, 2.05) is 35.7 Å². The molecule has 1 aromatic carbocycles. The third-order valence-corrected chi connectivity index (χ3v) is 4.57. The maximum Gasteiger partial charge on any atom is 0.261 e. The molecule has 0 unspecified atom stereocenters. The monoisotopic (exact) mass is 346 g/mol. The summed E-state index contributed by atoms with van der Waals surface area (Å²) < 4.78 is 5.33. The van der Waals surface area contributed by atoms with Gasteiger partial charge < -0.3 is 15.0 Å². The SMILES string of the molecule is COc1ccccc1CCN(CCNC(=O)c1cccs1)C(C)=O. The molecule has 1 heterocycles. The molecule has 0 saturated heterocycles. The molecule has 5 nitrogen and oxygen atoms in total. The van der Waals surface area contributed by atoms with Crippen molar-refractivity contribution in [1.82, 2.24) is 10.2 Å². The van der Waals surface area contributed by atoms with Gasteiger partial charge >= 0.3 is 0 Å². The van der Waals surface area contributed by atoms with Crippen LogP contribution in [0.2, 0.25) is 0 Å². The molecule has 1 N–H and O–H groups in total. The number of hydrogen-bond donors (Lipinski definition) is 1. The van der Waals surface area contributed by atoms with Gasteiger partial charge in [-0.2, -0.15) is 0 Å². The highest BCUT2D eigenvalue weighted by Crippen LogP contribution is 2.18. The fourth-order valence-corrected chi connectivity index (χ4v) is 3.03. The number of hydrogen-bond acceptors (Lipinski definition) is 4. The van der Waals surface area contributed by atoms with Gasteiger partial charge in [0, 0.05) is 26.6 Å². The maximum atomic E-state index is 11.9. The Morgan fingerprint density at radius 3 is 2.62 bits per heavy atom. The topological polar surface area (TPSA) is 58.6 Å². The number of nitrogens with zero attached hydrogens (tertiary/aromatic N) is 1. The van der Waals surface area contributed by atoms with Gasteiger partial charge in [0.25, 0.3) is 5.91 Å². The van der Waals surface area contributed by atoms with Crippen molar-refractivity contribution in [3.63, 3.8) is 0 Å². The highest BCUT2D eigenvalue weighted by Gasteiger charge is 2.12. The largest absolute Gasteiger partial charge is 0.496 e. The molecule has 1 aromatic heterocycles. The van der Waals surface area contributed by atoms with Crippen LogP contribution in [0.4, 0.5) is 0 Å². The third-order valence-electron chi connectivity index (χ3n) is 3.70. The van der Waals surface area contributed by atoms with Crippen LogP contribution in [-0.2, 0) is 11.2 Å². The van der Waals surface area contributed by atoms with Gasteiger partial charge in [0.15, 0.2) is 0 Å². The van der Waals surface area contributed by atoms with Gasteiger partial charge in [-0.15, -0.1) is 11.3 Å². The normalized spacial score (nSPS) is 10.2. The Hall–Kier alpha value is -2.34. The number of rotatable bonds is 8. The Balaban J connectivity index is 1.83. The van der Waals surface area contributed by atoms with E-state index in [4.69, 9.17) is 4.74 Å². The summed E-state index contributed by atoms with van der Waals surface area (Å²) in [5.74, 6) is 0.723. The first kappa shape index (κ1) is 18.0. The quantitative estimate of drug-likeness (QED) is 0.799. The first-order valence-corrected chi connectivity index (χ1v) is 8.69. The lowest BCUT2D eigenvalue weighted by molar-refractivity contribution is -0.128. The molecule has 128 valence electrons. The van der Waals surface area contributed by atoms with Gasteiger partial charge in [-0.25, -0.2) is 0 Å². The van der Waals surface area contributed by atoms with E-state index < -0.39 is 0 Å². The summed E-state index contributed by atoms with van der Waals surface area (Å²) in [7, 11) is 1.64. The summed E-state index contributed by atoms with van der Waals surface area (Å²) in [6, 6.07) is 11.4. The molecule has 2 aromatic rings. The first-order valence-electron chi connectivity index (χ1n) is 7.81. The predicted molar refractivity (Wildman–Crippen MR) is 95.6 cm³/mol. The lowest BCUT2D eigenvalue weighted by Gasteiger charge is -2.21. The second-order valence-electron chi connectivity index (χ2n) is 5.30. The molecule has 0 fully saturated rings. The molecule has 0 spiro atoms. The van der Waals surface area contributed by atoms with E-state index in [0.29, 0.717) is 30.9 Å². The minimum atomic E-state index is -0.0989. The number of methoxy groups -OCH3 is 1. The molecule has 24 heavy (non-hydrogen) atoms. The summed E-state index contributed by atoms with van der Waals surface area (Å²) in [5.41, 5.74) is 1.06. The second kappa shape index (κ2) is 9.08. The van der Waals surface area contributed by atoms with Crippen molar-refractivity contribution in [2.45, 2.75) is 13.3 Å². The lowest BCUT2D eigenvalue weighted by Crippen LogP contribution is -2.38. The van der Waals surface area contributed by atoms with E-state index >= 15 is 0 Å². The smallest absolute Gasteiger partial charge is 0.261 e. The highest BCUT2D eigenvalue weighted by molar-refractivity contribution is 7.12. The standard InChI is InChI=1S/C18H22N2O3S/c1-14(21)20(11-9-15-6-3-4-7-16(15)23-2)12-10-19-18(22)17-8-5-13-24-17/h3-8,13H,9-12H2,1-2H3,(H,19,22). The average molecular weight is 346 g/mol. The maximum absolute atomic E-state index is 11.9. The van der Waals surface area contributed by atoms with E-state index in [9.17, 15) is 9.59 Å². The first-order chi connectivity index (χ1) is 11.6. The van der Waals surface area contributed by atoms with Crippen molar-refractivity contribution in [2.24, 2.45) is 0 Å². The second-order valence-corrected chi connectivity index (χ2v) is 6.25. The molecule has 0 atom stereocenters. The van der Waals surface area contributed by atoms with Gasteiger partial charge in [0.1, 0.15) is 5.75 Å². The Morgan fingerprint density at radius 2 is 1.96 bits per heavy atom. The zero-order valence-corrected chi connectivity index (χ0v) is 14.8. The molecular weight excluding hydrogens is 324 g/mol. The number of carbonyl (C=O) groups is 2. The number of nitrogens with one attached hydrogen (secondary N) is 1. The van der Waals surface area contributed by atoms with E-state index in [2.05, 4.69) is 5.32 Å². The van der Waals surface area contributed by atoms with Gasteiger partial charge in [-0.05, 0) is 29.5 Å². The van der Waals surface area contributed by atoms with Crippen LogP contribution in [-0.4, -0.2) is 43.5 Å². The summed E-state index contributed by atoms with van der Waals surface area (Å²) in [5, 5.41) is 4.71. The van der Waals surface area contributed by atoms with Gasteiger partial charge in [-0.1, -0.05) is 24.3 Å². The zero-order valence-electron chi connectivity index (χ0n) is 14.0. The number of benzene rings is 1. The third kappa shape index (κ3) is 5.09. The lowest BCUT2D eigenvalue weighted by atomic mass is 10.1. The van der Waals surface area contributed by atoms with Crippen molar-refractivity contribution >= 4 is 23.2 Å². The van der Waals surface area contributed by atoms with Crippen LogP contribution in [0.25, 0.3) is 0 Å². The number of ether oxygens (including phenoxy) is 1. The van der Waals surface area contributed by atoms with Crippen LogP contribution in [0.5, 0.6) is 5.75 Å². The summed E-state index contributed by atoms with van der Waals surface area (Å²) in [6.07, 6.45) is 0.711. The predicted octanol–water partition coefficient (Wildman–Crippen LogP) is 2.58.